The number of fused-ring (bicyclic) bond motifs is 1. The number of piperidine rings is 1. The normalized spacial score (nSPS) is 17.2. The van der Waals surface area contributed by atoms with Crippen molar-refractivity contribution >= 4 is 56.1 Å². The van der Waals surface area contributed by atoms with Crippen LogP contribution in [-0.2, 0) is 14.4 Å². The zero-order valence-electron chi connectivity index (χ0n) is 29.2. The van der Waals surface area contributed by atoms with Crippen molar-refractivity contribution in [2.45, 2.75) is 45.1 Å². The number of carbonyl (C=O) groups is 3. The van der Waals surface area contributed by atoms with Crippen LogP contribution in [0.5, 0.6) is 11.5 Å². The summed E-state index contributed by atoms with van der Waals surface area (Å²) in [6.45, 7) is 8.42. The zero-order chi connectivity index (χ0) is 35.9. The van der Waals surface area contributed by atoms with E-state index in [2.05, 4.69) is 60.8 Å². The van der Waals surface area contributed by atoms with E-state index >= 15 is 0 Å². The van der Waals surface area contributed by atoms with Gasteiger partial charge in [-0.25, -0.2) is 9.97 Å². The third-order valence-corrected chi connectivity index (χ3v) is 9.86. The smallest absolute Gasteiger partial charge is 0.241 e. The number of piperazine rings is 1. The van der Waals surface area contributed by atoms with Gasteiger partial charge < -0.3 is 25.0 Å². The molecular weight excluding hydrogens is 714 g/mol. The largest absolute Gasteiger partial charge is 0.493 e. The summed E-state index contributed by atoms with van der Waals surface area (Å²) in [7, 11) is 1.63. The van der Waals surface area contributed by atoms with E-state index in [-0.39, 0.29) is 36.2 Å². The van der Waals surface area contributed by atoms with Gasteiger partial charge in [0, 0.05) is 60.8 Å². The molecule has 0 saturated carbocycles. The van der Waals surface area contributed by atoms with Crippen molar-refractivity contribution in [1.29, 1.82) is 0 Å². The molecule has 1 unspecified atom stereocenters. The first-order chi connectivity index (χ1) is 24.7. The molecule has 0 aliphatic carbocycles. The van der Waals surface area contributed by atoms with Crippen molar-refractivity contribution in [3.05, 3.63) is 82.1 Å². The number of aromatic nitrogens is 2. The molecule has 0 radical (unpaired) electrons. The van der Waals surface area contributed by atoms with E-state index in [9.17, 15) is 14.4 Å². The molecule has 12 nitrogen and oxygen atoms in total. The van der Waals surface area contributed by atoms with Gasteiger partial charge in [0.05, 0.1) is 37.7 Å². The van der Waals surface area contributed by atoms with Crippen LogP contribution >= 0.6 is 15.9 Å². The fourth-order valence-electron chi connectivity index (χ4n) is 6.56. The predicted molar refractivity (Wildman–Crippen MR) is 200 cm³/mol. The molecule has 0 bridgehead atoms. The van der Waals surface area contributed by atoms with Crippen molar-refractivity contribution in [1.82, 2.24) is 25.1 Å². The summed E-state index contributed by atoms with van der Waals surface area (Å²) in [6.07, 6.45) is 1.64. The summed E-state index contributed by atoms with van der Waals surface area (Å²) >= 11 is 3.56. The number of ether oxygens (including phenoxy) is 2. The molecular formula is C38H44BrN7O5. The molecule has 2 atom stereocenters. The highest BCUT2D eigenvalue weighted by molar-refractivity contribution is 9.10. The lowest BCUT2D eigenvalue weighted by Gasteiger charge is -2.34. The SMILES string of the molecule is COc1cc2c(N[C@H](C)c3cccc(Br)c3)nc(C)nc2cc1OCCCN1CCN(C(=O)CNc2cccc(C3CCC(=O)NC3=O)c2)CC1. The van der Waals surface area contributed by atoms with Gasteiger partial charge in [0.25, 0.3) is 0 Å². The fraction of sp³-hybridized carbons (Fsp3) is 0.395. The van der Waals surface area contributed by atoms with Gasteiger partial charge in [-0.05, 0) is 68.1 Å². The van der Waals surface area contributed by atoms with Crippen LogP contribution in [0, 0.1) is 6.92 Å². The lowest BCUT2D eigenvalue weighted by Crippen LogP contribution is -2.50. The minimum absolute atomic E-state index is 0.0231. The Morgan fingerprint density at radius 3 is 2.61 bits per heavy atom. The van der Waals surface area contributed by atoms with Crippen LogP contribution in [-0.4, -0.2) is 90.5 Å². The maximum Gasteiger partial charge on any atom is 0.241 e. The van der Waals surface area contributed by atoms with Crippen molar-refractivity contribution < 1.29 is 23.9 Å². The van der Waals surface area contributed by atoms with Gasteiger partial charge in [-0.3, -0.25) is 24.6 Å². The number of hydrogen-bond donors (Lipinski definition) is 3. The van der Waals surface area contributed by atoms with Gasteiger partial charge in [0.2, 0.25) is 17.7 Å². The molecule has 4 aromatic rings. The average molecular weight is 759 g/mol. The van der Waals surface area contributed by atoms with Gasteiger partial charge in [0.1, 0.15) is 11.6 Å². The third kappa shape index (κ3) is 9.14. The molecule has 0 spiro atoms. The fourth-order valence-corrected chi connectivity index (χ4v) is 6.97. The van der Waals surface area contributed by atoms with Gasteiger partial charge in [-0.15, -0.1) is 0 Å². The molecule has 3 aromatic carbocycles. The molecule has 3 N–H and O–H groups in total. The Kier molecular flexibility index (Phi) is 11.7. The van der Waals surface area contributed by atoms with Crippen LogP contribution in [0.1, 0.15) is 55.1 Å². The number of methoxy groups -OCH3 is 1. The number of aryl methyl sites for hydroxylation is 1. The Morgan fingerprint density at radius 1 is 1.04 bits per heavy atom. The molecule has 268 valence electrons. The van der Waals surface area contributed by atoms with E-state index in [0.717, 1.165) is 64.1 Å². The maximum absolute atomic E-state index is 13.0. The summed E-state index contributed by atoms with van der Waals surface area (Å²) in [5.74, 6) is 1.83. The Morgan fingerprint density at radius 2 is 1.84 bits per heavy atom. The quantitative estimate of drug-likeness (QED) is 0.120. The first-order valence-corrected chi connectivity index (χ1v) is 18.1. The second kappa shape index (κ2) is 16.5. The van der Waals surface area contributed by atoms with Crippen LogP contribution in [0.25, 0.3) is 10.9 Å². The van der Waals surface area contributed by atoms with Crippen molar-refractivity contribution in [2.75, 3.05) is 63.6 Å². The zero-order valence-corrected chi connectivity index (χ0v) is 30.8. The number of halogens is 1. The Labute approximate surface area is 306 Å². The summed E-state index contributed by atoms with van der Waals surface area (Å²) in [4.78, 5) is 50.4. The van der Waals surface area contributed by atoms with Gasteiger partial charge in [0.15, 0.2) is 11.5 Å². The van der Waals surface area contributed by atoms with Crippen molar-refractivity contribution in [3.8, 4) is 11.5 Å². The molecule has 2 aliphatic heterocycles. The molecule has 51 heavy (non-hydrogen) atoms. The van der Waals surface area contributed by atoms with Gasteiger partial charge >= 0.3 is 0 Å². The van der Waals surface area contributed by atoms with E-state index in [1.807, 2.05) is 60.4 Å². The minimum atomic E-state index is -0.361. The Balaban J connectivity index is 0.961. The highest BCUT2D eigenvalue weighted by Crippen LogP contribution is 2.35. The number of anilines is 2. The standard InChI is InChI=1S/C38H44BrN7O5/c1-24(26-7-4-9-28(39)19-26)41-37-31-21-33(50-3)34(22-32(31)42-25(2)43-37)51-18-6-13-45-14-16-46(17-15-45)36(48)23-40-29-10-5-8-27(20-29)30-11-12-35(47)44-38(30)49/h4-5,7-10,19-22,24,30,40H,6,11-18,23H2,1-3H3,(H,41,42,43)(H,44,47,49)/t24-,30?/m1/s1. The third-order valence-electron chi connectivity index (χ3n) is 9.37. The van der Waals surface area contributed by atoms with Crippen molar-refractivity contribution in [3.63, 3.8) is 0 Å². The van der Waals surface area contributed by atoms with E-state index in [0.29, 0.717) is 49.9 Å². The van der Waals surface area contributed by atoms with Crippen LogP contribution in [0.15, 0.2) is 65.1 Å². The summed E-state index contributed by atoms with van der Waals surface area (Å²) in [6, 6.07) is 19.6. The van der Waals surface area contributed by atoms with Gasteiger partial charge in [-0.1, -0.05) is 40.2 Å². The summed E-state index contributed by atoms with van der Waals surface area (Å²) in [5.41, 5.74) is 3.53. The van der Waals surface area contributed by atoms with E-state index in [1.165, 1.54) is 0 Å². The number of rotatable bonds is 13. The molecule has 6 rings (SSSR count). The molecule has 2 fully saturated rings. The number of benzene rings is 3. The topological polar surface area (TPSA) is 138 Å². The monoisotopic (exact) mass is 757 g/mol. The molecule has 1 aromatic heterocycles. The predicted octanol–water partition coefficient (Wildman–Crippen LogP) is 5.43. The highest BCUT2D eigenvalue weighted by Gasteiger charge is 2.28. The number of hydrogen-bond acceptors (Lipinski definition) is 10. The Bertz CT molecular complexity index is 1900. The van der Waals surface area contributed by atoms with E-state index < -0.39 is 0 Å². The lowest BCUT2D eigenvalue weighted by molar-refractivity contribution is -0.134. The minimum Gasteiger partial charge on any atom is -0.493 e. The molecule has 13 heteroatoms. The number of imide groups is 1. The molecule has 3 heterocycles. The Hall–Kier alpha value is -4.75. The number of carbonyl (C=O) groups excluding carboxylic acids is 3. The highest BCUT2D eigenvalue weighted by atomic mass is 79.9. The van der Waals surface area contributed by atoms with Crippen molar-refractivity contribution in [2.24, 2.45) is 0 Å². The second-order valence-electron chi connectivity index (χ2n) is 13.0. The first kappa shape index (κ1) is 36.1. The van der Waals surface area contributed by atoms with Crippen LogP contribution in [0.3, 0.4) is 0 Å². The van der Waals surface area contributed by atoms with Crippen LogP contribution in [0.2, 0.25) is 0 Å². The van der Waals surface area contributed by atoms with Gasteiger partial charge in [-0.2, -0.15) is 0 Å². The maximum atomic E-state index is 13.0. The first-order valence-electron chi connectivity index (χ1n) is 17.4. The summed E-state index contributed by atoms with van der Waals surface area (Å²) in [5, 5.41) is 10.0. The number of nitrogens with zero attached hydrogens (tertiary/aromatic N) is 4. The average Bonchev–Trinajstić information content (AvgIpc) is 3.12. The second-order valence-corrected chi connectivity index (χ2v) is 13.9. The van der Waals surface area contributed by atoms with Crippen LogP contribution < -0.4 is 25.4 Å². The molecule has 2 saturated heterocycles. The van der Waals surface area contributed by atoms with E-state index in [1.54, 1.807) is 7.11 Å². The number of nitrogens with one attached hydrogen (secondary N) is 3. The lowest BCUT2D eigenvalue weighted by atomic mass is 9.90. The molecule has 2 aliphatic rings. The summed E-state index contributed by atoms with van der Waals surface area (Å²) < 4.78 is 13.0. The molecule has 3 amide bonds. The van der Waals surface area contributed by atoms with E-state index in [4.69, 9.17) is 14.5 Å². The number of amides is 3. The van der Waals surface area contributed by atoms with Crippen LogP contribution in [0.4, 0.5) is 11.5 Å².